The summed E-state index contributed by atoms with van der Waals surface area (Å²) in [7, 11) is 0. The molecular formula is C38H72O7. The molecule has 0 bridgehead atoms. The Morgan fingerprint density at radius 1 is 0.556 bits per heavy atom. The summed E-state index contributed by atoms with van der Waals surface area (Å²) in [5.74, 6) is 0.0719. The third-order valence-electron chi connectivity index (χ3n) is 9.89. The molecule has 0 aromatic carbocycles. The smallest absolute Gasteiger partial charge is 0.152 e. The highest BCUT2D eigenvalue weighted by Gasteiger charge is 2.55. The van der Waals surface area contributed by atoms with Crippen LogP contribution < -0.4 is 0 Å². The number of carbonyl (C=O) groups excluding carboxylic acids is 1. The highest BCUT2D eigenvalue weighted by atomic mass is 16.6. The Bertz CT molecular complexity index is 740. The zero-order chi connectivity index (χ0) is 33.1. The molecule has 0 aromatic rings. The number of hydrogen-bond acceptors (Lipinski definition) is 7. The molecule has 1 saturated carbocycles. The van der Waals surface area contributed by atoms with Gasteiger partial charge in [0.2, 0.25) is 0 Å². The monoisotopic (exact) mass is 641 g/mol. The molecule has 266 valence electrons. The van der Waals surface area contributed by atoms with Crippen LogP contribution in [-0.2, 0) is 33.2 Å². The van der Waals surface area contributed by atoms with E-state index in [1.165, 1.54) is 70.6 Å². The lowest BCUT2D eigenvalue weighted by Gasteiger charge is -2.57. The van der Waals surface area contributed by atoms with Gasteiger partial charge < -0.3 is 28.4 Å². The Morgan fingerprint density at radius 3 is 1.40 bits per heavy atom. The average Bonchev–Trinajstić information content (AvgIpc) is 3.00. The molecule has 0 radical (unpaired) electrons. The summed E-state index contributed by atoms with van der Waals surface area (Å²) in [6.45, 7) is 19.2. The van der Waals surface area contributed by atoms with Crippen LogP contribution in [0, 0.1) is 10.8 Å². The molecule has 0 aromatic heterocycles. The van der Waals surface area contributed by atoms with Crippen molar-refractivity contribution in [3.63, 3.8) is 0 Å². The van der Waals surface area contributed by atoms with E-state index < -0.39 is 0 Å². The first-order chi connectivity index (χ1) is 21.7. The number of ketones is 1. The van der Waals surface area contributed by atoms with Crippen molar-refractivity contribution in [2.24, 2.45) is 10.8 Å². The molecule has 0 aliphatic heterocycles. The summed E-state index contributed by atoms with van der Waals surface area (Å²) in [4.78, 5) is 11.7. The van der Waals surface area contributed by atoms with E-state index in [-0.39, 0.29) is 22.2 Å². The minimum absolute atomic E-state index is 0.0365. The van der Waals surface area contributed by atoms with Gasteiger partial charge >= 0.3 is 0 Å². The molecule has 0 saturated heterocycles. The van der Waals surface area contributed by atoms with Gasteiger partial charge in [0, 0.05) is 12.0 Å². The molecule has 0 heterocycles. The zero-order valence-corrected chi connectivity index (χ0v) is 30.4. The quantitative estimate of drug-likeness (QED) is 0.0553. The fourth-order valence-electron chi connectivity index (χ4n) is 6.36. The van der Waals surface area contributed by atoms with Gasteiger partial charge in [0.1, 0.15) is 0 Å². The fourth-order valence-corrected chi connectivity index (χ4v) is 6.36. The number of hydrogen-bond donors (Lipinski definition) is 0. The van der Waals surface area contributed by atoms with Crippen LogP contribution in [0.1, 0.15) is 138 Å². The summed E-state index contributed by atoms with van der Waals surface area (Å²) in [6, 6.07) is 0. The Balaban J connectivity index is 1.87. The molecule has 2 unspecified atom stereocenters. The second-order valence-corrected chi connectivity index (χ2v) is 13.9. The highest BCUT2D eigenvalue weighted by molar-refractivity contribution is 5.87. The molecule has 7 nitrogen and oxygen atoms in total. The van der Waals surface area contributed by atoms with Gasteiger partial charge in [-0.2, -0.15) is 0 Å². The van der Waals surface area contributed by atoms with Crippen molar-refractivity contribution in [2.75, 3.05) is 72.7 Å². The van der Waals surface area contributed by atoms with E-state index in [9.17, 15) is 4.79 Å². The van der Waals surface area contributed by atoms with Crippen molar-refractivity contribution in [1.82, 2.24) is 0 Å². The van der Waals surface area contributed by atoms with Crippen LogP contribution in [0.4, 0.5) is 0 Å². The Kier molecular flexibility index (Phi) is 24.5. The Hall–Kier alpha value is -0.830. The molecule has 0 N–H and O–H groups in total. The molecular weight excluding hydrogens is 568 g/mol. The van der Waals surface area contributed by atoms with Crippen LogP contribution in [0.5, 0.6) is 0 Å². The summed E-state index contributed by atoms with van der Waals surface area (Å²) < 4.78 is 34.6. The third kappa shape index (κ3) is 18.9. The van der Waals surface area contributed by atoms with Crippen molar-refractivity contribution < 1.29 is 33.2 Å². The minimum atomic E-state index is -0.347. The van der Waals surface area contributed by atoms with Crippen LogP contribution in [0.2, 0.25) is 0 Å². The molecule has 2 atom stereocenters. The van der Waals surface area contributed by atoms with E-state index in [2.05, 4.69) is 40.7 Å². The first kappa shape index (κ1) is 42.2. The second-order valence-electron chi connectivity index (χ2n) is 13.9. The topological polar surface area (TPSA) is 72.5 Å². The van der Waals surface area contributed by atoms with Crippen molar-refractivity contribution in [3.05, 3.63) is 12.2 Å². The molecule has 1 rings (SSSR count). The predicted octanol–water partition coefficient (Wildman–Crippen LogP) is 8.91. The third-order valence-corrected chi connectivity index (χ3v) is 9.89. The number of rotatable bonds is 31. The molecule has 45 heavy (non-hydrogen) atoms. The Morgan fingerprint density at radius 2 is 0.956 bits per heavy atom. The molecule has 1 aliphatic rings. The SMILES string of the molecule is CCCCCCCCCCCCCCOCCOCCOCCOCCOCCOC1(C)CCCC(C)(C)C1(C)/C=C/C(C)=O. The van der Waals surface area contributed by atoms with Gasteiger partial charge in [0.25, 0.3) is 0 Å². The van der Waals surface area contributed by atoms with Crippen LogP contribution in [0.15, 0.2) is 12.2 Å². The van der Waals surface area contributed by atoms with Gasteiger partial charge in [-0.3, -0.25) is 4.79 Å². The lowest BCUT2D eigenvalue weighted by atomic mass is 9.52. The van der Waals surface area contributed by atoms with Gasteiger partial charge in [-0.15, -0.1) is 0 Å². The summed E-state index contributed by atoms with van der Waals surface area (Å²) >= 11 is 0. The average molecular weight is 641 g/mol. The maximum absolute atomic E-state index is 11.7. The Labute approximate surface area is 277 Å². The lowest BCUT2D eigenvalue weighted by Crippen LogP contribution is -2.56. The second kappa shape index (κ2) is 26.2. The largest absolute Gasteiger partial charge is 0.379 e. The summed E-state index contributed by atoms with van der Waals surface area (Å²) in [5.41, 5.74) is -0.549. The maximum atomic E-state index is 11.7. The first-order valence-corrected chi connectivity index (χ1v) is 18.4. The van der Waals surface area contributed by atoms with Crippen LogP contribution >= 0.6 is 0 Å². The van der Waals surface area contributed by atoms with E-state index in [1.807, 2.05) is 0 Å². The van der Waals surface area contributed by atoms with Gasteiger partial charge in [-0.25, -0.2) is 0 Å². The molecule has 1 fully saturated rings. The lowest BCUT2D eigenvalue weighted by molar-refractivity contribution is -0.174. The minimum Gasteiger partial charge on any atom is -0.379 e. The normalized spacial score (nSPS) is 21.6. The fraction of sp³-hybridized carbons (Fsp3) is 0.921. The summed E-state index contributed by atoms with van der Waals surface area (Å²) in [6.07, 6.45) is 23.3. The van der Waals surface area contributed by atoms with Crippen LogP contribution in [0.3, 0.4) is 0 Å². The number of ether oxygens (including phenoxy) is 6. The van der Waals surface area contributed by atoms with Crippen molar-refractivity contribution in [1.29, 1.82) is 0 Å². The van der Waals surface area contributed by atoms with Gasteiger partial charge in [0.05, 0.1) is 71.7 Å². The number of unbranched alkanes of at least 4 members (excludes halogenated alkanes) is 11. The van der Waals surface area contributed by atoms with Crippen molar-refractivity contribution in [2.45, 2.75) is 143 Å². The standard InChI is InChI=1S/C38H72O7/c1-7-8-9-10-11-12-13-14-15-16-17-18-24-40-25-26-41-27-28-42-29-30-43-31-32-44-33-34-45-38(6)22-19-21-36(3,4)37(38,5)23-20-35(2)39/h20,23H,7-19,21-22,24-34H2,1-6H3/b23-20+. The number of carbonyl (C=O) groups is 1. The van der Waals surface area contributed by atoms with E-state index >= 15 is 0 Å². The first-order valence-electron chi connectivity index (χ1n) is 18.4. The van der Waals surface area contributed by atoms with E-state index in [1.54, 1.807) is 13.0 Å². The van der Waals surface area contributed by atoms with E-state index in [0.29, 0.717) is 66.1 Å². The highest BCUT2D eigenvalue weighted by Crippen LogP contribution is 2.57. The van der Waals surface area contributed by atoms with Crippen molar-refractivity contribution in [3.8, 4) is 0 Å². The predicted molar refractivity (Wildman–Crippen MR) is 185 cm³/mol. The zero-order valence-electron chi connectivity index (χ0n) is 30.4. The molecule has 0 spiro atoms. The maximum Gasteiger partial charge on any atom is 0.152 e. The molecule has 0 amide bonds. The van der Waals surface area contributed by atoms with E-state index in [0.717, 1.165) is 32.3 Å². The van der Waals surface area contributed by atoms with Crippen LogP contribution in [0.25, 0.3) is 0 Å². The van der Waals surface area contributed by atoms with Crippen molar-refractivity contribution >= 4 is 5.78 Å². The van der Waals surface area contributed by atoms with Gasteiger partial charge in [0.15, 0.2) is 5.78 Å². The molecule has 1 aliphatic carbocycles. The van der Waals surface area contributed by atoms with Gasteiger partial charge in [-0.05, 0) is 51.0 Å². The van der Waals surface area contributed by atoms with Crippen LogP contribution in [-0.4, -0.2) is 84.1 Å². The molecule has 7 heteroatoms. The number of allylic oxidation sites excluding steroid dienone is 1. The van der Waals surface area contributed by atoms with E-state index in [4.69, 9.17) is 28.4 Å². The summed E-state index contributed by atoms with van der Waals surface area (Å²) in [5, 5.41) is 0. The van der Waals surface area contributed by atoms with Gasteiger partial charge in [-0.1, -0.05) is 104 Å².